The Morgan fingerprint density at radius 1 is 1.28 bits per heavy atom. The maximum absolute atomic E-state index is 12.8. The number of halogens is 2. The smallest absolute Gasteiger partial charge is 0.226 e. The van der Waals surface area contributed by atoms with Crippen LogP contribution in [0.15, 0.2) is 55.3 Å². The lowest BCUT2D eigenvalue weighted by atomic mass is 9.69. The molecule has 2 aromatic rings. The zero-order chi connectivity index (χ0) is 18.0. The lowest BCUT2D eigenvalue weighted by Crippen LogP contribution is -2.49. The Hall–Kier alpha value is -1.84. The van der Waals surface area contributed by atoms with E-state index in [1.165, 1.54) is 0 Å². The molecule has 0 bridgehead atoms. The van der Waals surface area contributed by atoms with Crippen LogP contribution in [-0.2, 0) is 4.79 Å². The monoisotopic (exact) mass is 374 g/mol. The van der Waals surface area contributed by atoms with Crippen molar-refractivity contribution >= 4 is 29.1 Å². The Morgan fingerprint density at radius 3 is 2.64 bits per heavy atom. The van der Waals surface area contributed by atoms with Crippen molar-refractivity contribution in [1.29, 1.82) is 0 Å². The largest absolute Gasteiger partial charge is 0.348 e. The number of aromatic nitrogens is 1. The molecule has 1 fully saturated rings. The Bertz CT molecular complexity index is 791. The van der Waals surface area contributed by atoms with E-state index in [-0.39, 0.29) is 17.9 Å². The Balaban J connectivity index is 2.03. The molecule has 1 aromatic heterocycles. The van der Waals surface area contributed by atoms with Crippen LogP contribution in [0.2, 0.25) is 10.0 Å². The second-order valence-electron chi connectivity index (χ2n) is 6.77. The first-order valence-corrected chi connectivity index (χ1v) is 8.97. The summed E-state index contributed by atoms with van der Waals surface area (Å²) >= 11 is 12.2. The van der Waals surface area contributed by atoms with Gasteiger partial charge in [0.2, 0.25) is 5.91 Å². The third-order valence-corrected chi connectivity index (χ3v) is 5.34. The fourth-order valence-electron chi connectivity index (χ4n) is 3.49. The number of pyridine rings is 1. The Labute approximate surface area is 158 Å². The van der Waals surface area contributed by atoms with Gasteiger partial charge in [-0.3, -0.25) is 9.78 Å². The molecule has 1 aliphatic rings. The van der Waals surface area contributed by atoms with Gasteiger partial charge in [0, 0.05) is 27.9 Å². The average molecular weight is 375 g/mol. The summed E-state index contributed by atoms with van der Waals surface area (Å²) in [7, 11) is 0. The van der Waals surface area contributed by atoms with Crippen LogP contribution in [0, 0.1) is 5.41 Å². The highest BCUT2D eigenvalue weighted by Crippen LogP contribution is 2.46. The number of hydrogen-bond acceptors (Lipinski definition) is 2. The number of benzene rings is 1. The lowest BCUT2D eigenvalue weighted by molar-refractivity contribution is -0.134. The molecule has 1 amide bonds. The van der Waals surface area contributed by atoms with Gasteiger partial charge in [-0.2, -0.15) is 0 Å². The number of allylic oxidation sites excluding steroid dienone is 1. The zero-order valence-corrected chi connectivity index (χ0v) is 15.5. The minimum atomic E-state index is -0.515. The van der Waals surface area contributed by atoms with Crippen molar-refractivity contribution < 1.29 is 4.79 Å². The van der Waals surface area contributed by atoms with Crippen molar-refractivity contribution in [2.24, 2.45) is 5.41 Å². The minimum Gasteiger partial charge on any atom is -0.348 e. The third-order valence-electron chi connectivity index (χ3n) is 4.85. The van der Waals surface area contributed by atoms with Gasteiger partial charge in [0.05, 0.1) is 11.5 Å². The number of piperidine rings is 1. The van der Waals surface area contributed by atoms with Gasteiger partial charge in [-0.15, -0.1) is 6.58 Å². The van der Waals surface area contributed by atoms with E-state index in [1.54, 1.807) is 18.3 Å². The van der Waals surface area contributed by atoms with Crippen molar-refractivity contribution in [3.8, 4) is 0 Å². The number of amides is 1. The molecule has 5 heteroatoms. The SMILES string of the molecule is C=CC[C@@]1(C)C[C@H](c2cc(Cl)ccn2)[C@@H](c2ccc(Cl)cc2)NC1=O. The van der Waals surface area contributed by atoms with Crippen LogP contribution < -0.4 is 5.32 Å². The van der Waals surface area contributed by atoms with E-state index in [2.05, 4.69) is 16.9 Å². The van der Waals surface area contributed by atoms with Crippen LogP contribution in [0.5, 0.6) is 0 Å². The van der Waals surface area contributed by atoms with E-state index >= 15 is 0 Å². The highest BCUT2D eigenvalue weighted by atomic mass is 35.5. The summed E-state index contributed by atoms with van der Waals surface area (Å²) < 4.78 is 0. The Kier molecular flexibility index (Phi) is 5.16. The van der Waals surface area contributed by atoms with Gasteiger partial charge < -0.3 is 5.32 Å². The van der Waals surface area contributed by atoms with E-state index in [9.17, 15) is 4.79 Å². The third kappa shape index (κ3) is 3.73. The first-order chi connectivity index (χ1) is 11.9. The molecule has 25 heavy (non-hydrogen) atoms. The van der Waals surface area contributed by atoms with Gasteiger partial charge in [0.1, 0.15) is 0 Å². The summed E-state index contributed by atoms with van der Waals surface area (Å²) in [5.41, 5.74) is 1.37. The number of carbonyl (C=O) groups excluding carboxylic acids is 1. The quantitative estimate of drug-likeness (QED) is 0.736. The van der Waals surface area contributed by atoms with Crippen LogP contribution in [0.1, 0.15) is 43.0 Å². The van der Waals surface area contributed by atoms with Crippen LogP contribution in [0.4, 0.5) is 0 Å². The predicted octanol–water partition coefficient (Wildman–Crippen LogP) is 5.32. The predicted molar refractivity (Wildman–Crippen MR) is 102 cm³/mol. The van der Waals surface area contributed by atoms with Crippen LogP contribution in [-0.4, -0.2) is 10.9 Å². The normalized spacial score (nSPS) is 26.1. The summed E-state index contributed by atoms with van der Waals surface area (Å²) in [6.07, 6.45) is 4.79. The van der Waals surface area contributed by atoms with E-state index in [0.29, 0.717) is 22.9 Å². The van der Waals surface area contributed by atoms with Crippen molar-refractivity contribution in [3.05, 3.63) is 76.6 Å². The fraction of sp³-hybridized carbons (Fsp3) is 0.300. The molecule has 0 saturated carbocycles. The van der Waals surface area contributed by atoms with Crippen molar-refractivity contribution in [1.82, 2.24) is 10.3 Å². The van der Waals surface area contributed by atoms with Crippen LogP contribution in [0.25, 0.3) is 0 Å². The highest BCUT2D eigenvalue weighted by Gasteiger charge is 2.44. The first-order valence-electron chi connectivity index (χ1n) is 8.22. The summed E-state index contributed by atoms with van der Waals surface area (Å²) in [5, 5.41) is 4.49. The van der Waals surface area contributed by atoms with Gasteiger partial charge in [-0.05, 0) is 42.7 Å². The van der Waals surface area contributed by atoms with Gasteiger partial charge in [-0.1, -0.05) is 48.3 Å². The van der Waals surface area contributed by atoms with Gasteiger partial charge in [0.25, 0.3) is 0 Å². The summed E-state index contributed by atoms with van der Waals surface area (Å²) in [6, 6.07) is 11.0. The van der Waals surface area contributed by atoms with Gasteiger partial charge in [0.15, 0.2) is 0 Å². The number of hydrogen-bond donors (Lipinski definition) is 1. The lowest BCUT2D eigenvalue weighted by Gasteiger charge is -2.42. The standard InChI is InChI=1S/C20H20Cl2N2O/c1-3-9-20(2)12-16(17-11-15(22)8-10-23-17)18(24-19(20)25)13-4-6-14(21)7-5-13/h3-8,10-11,16,18H,1,9,12H2,2H3,(H,24,25)/t16-,18-,20+/m1/s1. The molecule has 0 radical (unpaired) electrons. The Morgan fingerprint density at radius 2 is 2.00 bits per heavy atom. The van der Waals surface area contributed by atoms with Gasteiger partial charge in [-0.25, -0.2) is 0 Å². The van der Waals surface area contributed by atoms with Crippen LogP contribution in [0.3, 0.4) is 0 Å². The van der Waals surface area contributed by atoms with Crippen LogP contribution >= 0.6 is 23.2 Å². The molecular weight excluding hydrogens is 355 g/mol. The summed E-state index contributed by atoms with van der Waals surface area (Å²) in [4.78, 5) is 17.3. The number of rotatable bonds is 4. The van der Waals surface area contributed by atoms with Crippen molar-refractivity contribution in [2.75, 3.05) is 0 Å². The molecule has 1 aliphatic heterocycles. The van der Waals surface area contributed by atoms with E-state index in [1.807, 2.05) is 37.3 Å². The molecule has 2 heterocycles. The second kappa shape index (κ2) is 7.19. The molecule has 1 N–H and O–H groups in total. The van der Waals surface area contributed by atoms with Crippen molar-refractivity contribution in [3.63, 3.8) is 0 Å². The fourth-order valence-corrected chi connectivity index (χ4v) is 3.79. The van der Waals surface area contributed by atoms with Crippen molar-refractivity contribution in [2.45, 2.75) is 31.7 Å². The molecule has 3 nitrogen and oxygen atoms in total. The maximum atomic E-state index is 12.8. The molecule has 0 unspecified atom stereocenters. The average Bonchev–Trinajstić information content (AvgIpc) is 2.58. The van der Waals surface area contributed by atoms with E-state index in [4.69, 9.17) is 23.2 Å². The van der Waals surface area contributed by atoms with E-state index < -0.39 is 5.41 Å². The molecular formula is C20H20Cl2N2O. The molecule has 3 rings (SSSR count). The number of nitrogens with zero attached hydrogens (tertiary/aromatic N) is 1. The molecule has 3 atom stereocenters. The highest BCUT2D eigenvalue weighted by molar-refractivity contribution is 6.30. The topological polar surface area (TPSA) is 42.0 Å². The minimum absolute atomic E-state index is 0.0162. The first kappa shape index (κ1) is 18.0. The molecule has 0 spiro atoms. The van der Waals surface area contributed by atoms with E-state index in [0.717, 1.165) is 11.3 Å². The summed E-state index contributed by atoms with van der Waals surface area (Å²) in [6.45, 7) is 5.77. The zero-order valence-electron chi connectivity index (χ0n) is 14.0. The molecule has 1 saturated heterocycles. The molecule has 1 aromatic carbocycles. The second-order valence-corrected chi connectivity index (χ2v) is 7.64. The van der Waals surface area contributed by atoms with Gasteiger partial charge >= 0.3 is 0 Å². The maximum Gasteiger partial charge on any atom is 0.226 e. The number of carbonyl (C=O) groups is 1. The molecule has 130 valence electrons. The molecule has 0 aliphatic carbocycles. The number of nitrogens with one attached hydrogen (secondary N) is 1. The summed E-state index contributed by atoms with van der Waals surface area (Å²) in [5.74, 6) is 0.0492.